The average Bonchev–Trinajstić information content (AvgIpc) is 1.97. The van der Waals surface area contributed by atoms with E-state index < -0.39 is 0 Å². The molecule has 0 aliphatic carbocycles. The lowest BCUT2D eigenvalue weighted by Crippen LogP contribution is -1.59. The van der Waals surface area contributed by atoms with E-state index in [1.807, 2.05) is 6.92 Å². The van der Waals surface area contributed by atoms with Crippen molar-refractivity contribution in [3.8, 4) is 23.7 Å². The van der Waals surface area contributed by atoms with Crippen LogP contribution in [0.3, 0.4) is 0 Å². The minimum absolute atomic E-state index is 0.668. The fourth-order valence-corrected chi connectivity index (χ4v) is 0.390. The molecule has 0 fully saturated rings. The summed E-state index contributed by atoms with van der Waals surface area (Å²) in [5, 5.41) is 0. The Kier molecular flexibility index (Phi) is 6.60. The Morgan fingerprint density at radius 3 is 2.70 bits per heavy atom. The molecule has 0 N–H and O–H groups in total. The van der Waals surface area contributed by atoms with Gasteiger partial charge in [0.1, 0.15) is 0 Å². The molecule has 0 aliphatic heterocycles. The van der Waals surface area contributed by atoms with Crippen molar-refractivity contribution in [2.45, 2.75) is 19.8 Å². The third-order valence-corrected chi connectivity index (χ3v) is 0.827. The zero-order valence-electron chi connectivity index (χ0n) is 6.20. The molecule has 0 unspecified atom stereocenters. The van der Waals surface area contributed by atoms with Crippen molar-refractivity contribution in [3.63, 3.8) is 0 Å². The number of allylic oxidation sites excluding steroid dienone is 1. The molecule has 0 heterocycles. The maximum atomic E-state index is 3.42. The van der Waals surface area contributed by atoms with Crippen LogP contribution in [0.1, 0.15) is 19.8 Å². The Morgan fingerprint density at radius 2 is 2.10 bits per heavy atom. The van der Waals surface area contributed by atoms with Crippen molar-refractivity contribution in [1.82, 2.24) is 0 Å². The van der Waals surface area contributed by atoms with Crippen molar-refractivity contribution in [3.05, 3.63) is 18.4 Å². The molecule has 0 radical (unpaired) electrons. The van der Waals surface area contributed by atoms with Crippen molar-refractivity contribution < 1.29 is 0 Å². The van der Waals surface area contributed by atoms with Gasteiger partial charge in [-0.1, -0.05) is 24.3 Å². The highest BCUT2D eigenvalue weighted by atomic mass is 13.7. The predicted octanol–water partition coefficient (Wildman–Crippen LogP) is 2.13. The van der Waals surface area contributed by atoms with E-state index in [4.69, 9.17) is 0 Å². The molecule has 0 aromatic rings. The van der Waals surface area contributed by atoms with Crippen LogP contribution in [0.4, 0.5) is 0 Å². The van der Waals surface area contributed by atoms with E-state index in [1.165, 1.54) is 0 Å². The summed E-state index contributed by atoms with van der Waals surface area (Å²) in [6.07, 6.45) is 3.20. The van der Waals surface area contributed by atoms with E-state index >= 15 is 0 Å². The minimum atomic E-state index is 0.668. The predicted molar refractivity (Wildman–Crippen MR) is 44.2 cm³/mol. The fourth-order valence-electron chi connectivity index (χ4n) is 0.390. The highest BCUT2D eigenvalue weighted by Crippen LogP contribution is 1.76. The lowest BCUT2D eigenvalue weighted by molar-refractivity contribution is 1.45. The quantitative estimate of drug-likeness (QED) is 0.377. The second-order valence-corrected chi connectivity index (χ2v) is 1.57. The Bertz CT molecular complexity index is 231. The Labute approximate surface area is 62.6 Å². The molecular formula is C10H10. The summed E-state index contributed by atoms with van der Waals surface area (Å²) in [5.41, 5.74) is 2.65. The van der Waals surface area contributed by atoms with Crippen LogP contribution in [0.25, 0.3) is 0 Å². The SMILES string of the molecule is C=C=CCC#CCC#CC. The molecular weight excluding hydrogens is 120 g/mol. The Morgan fingerprint density at radius 1 is 1.30 bits per heavy atom. The first-order valence-electron chi connectivity index (χ1n) is 3.11. The first kappa shape index (κ1) is 8.64. The van der Waals surface area contributed by atoms with Gasteiger partial charge in [0, 0.05) is 6.42 Å². The normalized spacial score (nSPS) is 5.70. The van der Waals surface area contributed by atoms with Crippen LogP contribution < -0.4 is 0 Å². The maximum absolute atomic E-state index is 3.42. The topological polar surface area (TPSA) is 0 Å². The van der Waals surface area contributed by atoms with Gasteiger partial charge in [0.05, 0.1) is 6.42 Å². The van der Waals surface area contributed by atoms with E-state index in [9.17, 15) is 0 Å². The second-order valence-electron chi connectivity index (χ2n) is 1.57. The number of hydrogen-bond acceptors (Lipinski definition) is 0. The fraction of sp³-hybridized carbons (Fsp3) is 0.300. The minimum Gasteiger partial charge on any atom is -0.132 e. The molecule has 50 valence electrons. The Balaban J connectivity index is 3.47. The van der Waals surface area contributed by atoms with Crippen molar-refractivity contribution in [2.24, 2.45) is 0 Å². The molecule has 0 aromatic carbocycles. The molecule has 0 spiro atoms. The summed E-state index contributed by atoms with van der Waals surface area (Å²) >= 11 is 0. The van der Waals surface area contributed by atoms with Gasteiger partial charge in [0.25, 0.3) is 0 Å². The monoisotopic (exact) mass is 130 g/mol. The molecule has 0 aromatic heterocycles. The van der Waals surface area contributed by atoms with Crippen LogP contribution in [0, 0.1) is 23.7 Å². The van der Waals surface area contributed by atoms with E-state index in [0.717, 1.165) is 6.42 Å². The van der Waals surface area contributed by atoms with Crippen LogP contribution in [0.15, 0.2) is 18.4 Å². The summed E-state index contributed by atoms with van der Waals surface area (Å²) in [7, 11) is 0. The van der Waals surface area contributed by atoms with Crippen LogP contribution in [0.5, 0.6) is 0 Å². The van der Waals surface area contributed by atoms with Crippen LogP contribution in [-0.2, 0) is 0 Å². The van der Waals surface area contributed by atoms with Crippen molar-refractivity contribution >= 4 is 0 Å². The molecule has 0 saturated heterocycles. The van der Waals surface area contributed by atoms with Gasteiger partial charge in [-0.3, -0.25) is 0 Å². The van der Waals surface area contributed by atoms with Gasteiger partial charge in [0.2, 0.25) is 0 Å². The van der Waals surface area contributed by atoms with Gasteiger partial charge in [-0.15, -0.1) is 11.7 Å². The van der Waals surface area contributed by atoms with Gasteiger partial charge < -0.3 is 0 Å². The van der Waals surface area contributed by atoms with E-state index in [2.05, 4.69) is 36.0 Å². The van der Waals surface area contributed by atoms with Crippen LogP contribution in [0.2, 0.25) is 0 Å². The molecule has 0 rings (SSSR count). The molecule has 0 saturated carbocycles. The highest BCUT2D eigenvalue weighted by Gasteiger charge is 1.65. The van der Waals surface area contributed by atoms with Gasteiger partial charge in [-0.2, -0.15) is 0 Å². The van der Waals surface area contributed by atoms with E-state index in [0.29, 0.717) is 6.42 Å². The zero-order chi connectivity index (χ0) is 7.66. The van der Waals surface area contributed by atoms with E-state index in [1.54, 1.807) is 6.08 Å². The molecule has 10 heavy (non-hydrogen) atoms. The first-order chi connectivity index (χ1) is 4.91. The van der Waals surface area contributed by atoms with Gasteiger partial charge in [0.15, 0.2) is 0 Å². The highest BCUT2D eigenvalue weighted by molar-refractivity contribution is 5.12. The largest absolute Gasteiger partial charge is 0.132 e. The smallest absolute Gasteiger partial charge is 0.0702 e. The molecule has 0 heteroatoms. The molecule has 0 bridgehead atoms. The molecule has 0 aliphatic rings. The van der Waals surface area contributed by atoms with Crippen LogP contribution in [-0.4, -0.2) is 0 Å². The number of rotatable bonds is 1. The third-order valence-electron chi connectivity index (χ3n) is 0.827. The lowest BCUT2D eigenvalue weighted by atomic mass is 10.3. The molecule has 0 amide bonds. The molecule has 0 atom stereocenters. The summed E-state index contributed by atoms with van der Waals surface area (Å²) in [6, 6.07) is 0. The summed E-state index contributed by atoms with van der Waals surface area (Å²) in [5.74, 6) is 11.4. The second kappa shape index (κ2) is 7.64. The van der Waals surface area contributed by atoms with Crippen molar-refractivity contribution in [1.29, 1.82) is 0 Å². The van der Waals surface area contributed by atoms with Crippen LogP contribution >= 0.6 is 0 Å². The average molecular weight is 130 g/mol. The van der Waals surface area contributed by atoms with Gasteiger partial charge in [-0.25, -0.2) is 0 Å². The molecule has 0 nitrogen and oxygen atoms in total. The Hall–Kier alpha value is -1.36. The first-order valence-corrected chi connectivity index (χ1v) is 3.11. The van der Waals surface area contributed by atoms with Gasteiger partial charge in [-0.05, 0) is 13.0 Å². The standard InChI is InChI=1S/C10H10/c1-3-5-7-9-10-8-6-4-2/h5H,1,7-8H2,2H3. The van der Waals surface area contributed by atoms with Crippen molar-refractivity contribution in [2.75, 3.05) is 0 Å². The number of hydrogen-bond donors (Lipinski definition) is 0. The summed E-state index contributed by atoms with van der Waals surface area (Å²) in [4.78, 5) is 0. The third kappa shape index (κ3) is 6.64. The zero-order valence-corrected chi connectivity index (χ0v) is 6.20. The summed E-state index contributed by atoms with van der Waals surface area (Å²) < 4.78 is 0. The summed E-state index contributed by atoms with van der Waals surface area (Å²) in [6.45, 7) is 5.23. The maximum Gasteiger partial charge on any atom is 0.0702 e. The lowest BCUT2D eigenvalue weighted by Gasteiger charge is -1.70. The van der Waals surface area contributed by atoms with Gasteiger partial charge >= 0.3 is 0 Å². The van der Waals surface area contributed by atoms with E-state index in [-0.39, 0.29) is 0 Å².